The number of sulfonamides is 1. The number of allylic oxidation sites excluding steroid dienone is 1. The predicted molar refractivity (Wildman–Crippen MR) is 85.7 cm³/mol. The van der Waals surface area contributed by atoms with E-state index < -0.39 is 10.0 Å². The highest BCUT2D eigenvalue weighted by Gasteiger charge is 2.27. The summed E-state index contributed by atoms with van der Waals surface area (Å²) in [5.41, 5.74) is 1.55. The summed E-state index contributed by atoms with van der Waals surface area (Å²) in [5, 5.41) is 2.81. The lowest BCUT2D eigenvalue weighted by Gasteiger charge is -2.08. The SMILES string of the molecule is CC/C=C(/C)C(=O)NCc1ccc(S(=O)(=O)NC2CC2)cc1. The molecule has 0 saturated heterocycles. The van der Waals surface area contributed by atoms with Gasteiger partial charge in [0.1, 0.15) is 0 Å². The lowest BCUT2D eigenvalue weighted by molar-refractivity contribution is -0.117. The molecule has 0 spiro atoms. The average Bonchev–Trinajstić information content (AvgIpc) is 3.28. The van der Waals surface area contributed by atoms with Gasteiger partial charge in [-0.3, -0.25) is 4.79 Å². The fourth-order valence-electron chi connectivity index (χ4n) is 2.00. The highest BCUT2D eigenvalue weighted by atomic mass is 32.2. The smallest absolute Gasteiger partial charge is 0.246 e. The molecule has 1 amide bonds. The molecule has 0 unspecified atom stereocenters. The van der Waals surface area contributed by atoms with Gasteiger partial charge < -0.3 is 5.32 Å². The van der Waals surface area contributed by atoms with Crippen LogP contribution in [0.1, 0.15) is 38.7 Å². The summed E-state index contributed by atoms with van der Waals surface area (Å²) in [6.45, 7) is 4.13. The van der Waals surface area contributed by atoms with E-state index in [0.29, 0.717) is 12.1 Å². The number of amides is 1. The van der Waals surface area contributed by atoms with Crippen LogP contribution in [-0.4, -0.2) is 20.4 Å². The molecule has 1 fully saturated rings. The van der Waals surface area contributed by atoms with Gasteiger partial charge in [-0.2, -0.15) is 0 Å². The van der Waals surface area contributed by atoms with Crippen LogP contribution < -0.4 is 10.0 Å². The minimum atomic E-state index is -3.41. The van der Waals surface area contributed by atoms with Gasteiger partial charge in [-0.05, 0) is 43.9 Å². The Morgan fingerprint density at radius 2 is 1.91 bits per heavy atom. The molecule has 0 atom stereocenters. The number of hydrogen-bond acceptors (Lipinski definition) is 3. The Hall–Kier alpha value is -1.66. The van der Waals surface area contributed by atoms with Crippen LogP contribution >= 0.6 is 0 Å². The lowest BCUT2D eigenvalue weighted by atomic mass is 10.2. The molecule has 5 nitrogen and oxygen atoms in total. The number of rotatable bonds is 7. The van der Waals surface area contributed by atoms with Crippen molar-refractivity contribution >= 4 is 15.9 Å². The van der Waals surface area contributed by atoms with E-state index in [9.17, 15) is 13.2 Å². The minimum absolute atomic E-state index is 0.0947. The Balaban J connectivity index is 1.94. The molecule has 1 aromatic carbocycles. The Kier molecular flexibility index (Phi) is 5.37. The zero-order valence-corrected chi connectivity index (χ0v) is 13.7. The first kappa shape index (κ1) is 16.7. The van der Waals surface area contributed by atoms with Crippen LogP contribution in [0.15, 0.2) is 40.8 Å². The molecule has 1 aromatic rings. The van der Waals surface area contributed by atoms with Crippen molar-refractivity contribution in [3.63, 3.8) is 0 Å². The number of carbonyl (C=O) groups is 1. The molecule has 1 aliphatic rings. The van der Waals surface area contributed by atoms with Crippen LogP contribution in [-0.2, 0) is 21.4 Å². The van der Waals surface area contributed by atoms with Crippen LogP contribution in [0, 0.1) is 0 Å². The average molecular weight is 322 g/mol. The first-order chi connectivity index (χ1) is 10.4. The minimum Gasteiger partial charge on any atom is -0.348 e. The Labute approximate surface area is 131 Å². The van der Waals surface area contributed by atoms with Crippen molar-refractivity contribution in [1.29, 1.82) is 0 Å². The molecule has 1 saturated carbocycles. The van der Waals surface area contributed by atoms with E-state index in [4.69, 9.17) is 0 Å². The van der Waals surface area contributed by atoms with Crippen molar-refractivity contribution in [2.45, 2.75) is 50.6 Å². The Morgan fingerprint density at radius 3 is 2.45 bits per heavy atom. The van der Waals surface area contributed by atoms with Gasteiger partial charge in [-0.1, -0.05) is 25.1 Å². The van der Waals surface area contributed by atoms with Crippen molar-refractivity contribution in [2.75, 3.05) is 0 Å². The molecule has 6 heteroatoms. The van der Waals surface area contributed by atoms with Crippen LogP contribution in [0.2, 0.25) is 0 Å². The van der Waals surface area contributed by atoms with E-state index >= 15 is 0 Å². The second kappa shape index (κ2) is 7.07. The summed E-state index contributed by atoms with van der Waals surface area (Å²) in [7, 11) is -3.41. The number of nitrogens with one attached hydrogen (secondary N) is 2. The summed E-state index contributed by atoms with van der Waals surface area (Å²) < 4.78 is 26.7. The fraction of sp³-hybridized carbons (Fsp3) is 0.438. The molecule has 0 aromatic heterocycles. The molecule has 2 rings (SSSR count). The van der Waals surface area contributed by atoms with E-state index in [1.807, 2.05) is 13.0 Å². The van der Waals surface area contributed by atoms with Crippen molar-refractivity contribution in [2.24, 2.45) is 0 Å². The van der Waals surface area contributed by atoms with Gasteiger partial charge in [0.25, 0.3) is 0 Å². The highest BCUT2D eigenvalue weighted by molar-refractivity contribution is 7.89. The quantitative estimate of drug-likeness (QED) is 0.755. The Morgan fingerprint density at radius 1 is 1.27 bits per heavy atom. The van der Waals surface area contributed by atoms with E-state index in [-0.39, 0.29) is 16.8 Å². The normalized spacial score (nSPS) is 15.6. The molecule has 120 valence electrons. The molecule has 0 bridgehead atoms. The van der Waals surface area contributed by atoms with Gasteiger partial charge in [0, 0.05) is 18.2 Å². The Bertz CT molecular complexity index is 659. The third kappa shape index (κ3) is 4.68. The number of carbonyl (C=O) groups excluding carboxylic acids is 1. The van der Waals surface area contributed by atoms with Crippen molar-refractivity contribution in [3.05, 3.63) is 41.5 Å². The first-order valence-corrected chi connectivity index (χ1v) is 8.97. The summed E-state index contributed by atoms with van der Waals surface area (Å²) in [4.78, 5) is 12.0. The monoisotopic (exact) mass is 322 g/mol. The predicted octanol–water partition coefficient (Wildman–Crippen LogP) is 2.10. The van der Waals surface area contributed by atoms with Crippen molar-refractivity contribution in [3.8, 4) is 0 Å². The third-order valence-corrected chi connectivity index (χ3v) is 4.99. The summed E-state index contributed by atoms with van der Waals surface area (Å²) in [6, 6.07) is 6.68. The van der Waals surface area contributed by atoms with Gasteiger partial charge in [0.15, 0.2) is 0 Å². The zero-order valence-electron chi connectivity index (χ0n) is 12.9. The van der Waals surface area contributed by atoms with Gasteiger partial charge in [-0.15, -0.1) is 0 Å². The molecule has 2 N–H and O–H groups in total. The molecule has 0 heterocycles. The van der Waals surface area contributed by atoms with Crippen LogP contribution in [0.25, 0.3) is 0 Å². The van der Waals surface area contributed by atoms with Gasteiger partial charge in [-0.25, -0.2) is 13.1 Å². The maximum absolute atomic E-state index is 12.0. The van der Waals surface area contributed by atoms with Gasteiger partial charge in [0.2, 0.25) is 15.9 Å². The summed E-state index contributed by atoms with van der Waals surface area (Å²) in [6.07, 6.45) is 4.51. The zero-order chi connectivity index (χ0) is 16.2. The third-order valence-electron chi connectivity index (χ3n) is 3.45. The molecule has 1 aliphatic carbocycles. The second-order valence-corrected chi connectivity index (χ2v) is 7.23. The van der Waals surface area contributed by atoms with Gasteiger partial charge >= 0.3 is 0 Å². The van der Waals surface area contributed by atoms with Crippen LogP contribution in [0.5, 0.6) is 0 Å². The standard InChI is InChI=1S/C16H22N2O3S/c1-3-4-12(2)16(19)17-11-13-5-9-15(10-6-13)22(20,21)18-14-7-8-14/h4-6,9-10,14,18H,3,7-8,11H2,1-2H3,(H,17,19)/b12-4-. The number of hydrogen-bond donors (Lipinski definition) is 2. The van der Waals surface area contributed by atoms with Crippen molar-refractivity contribution < 1.29 is 13.2 Å². The summed E-state index contributed by atoms with van der Waals surface area (Å²) in [5.74, 6) is -0.103. The topological polar surface area (TPSA) is 75.3 Å². The summed E-state index contributed by atoms with van der Waals surface area (Å²) >= 11 is 0. The van der Waals surface area contributed by atoms with E-state index in [1.54, 1.807) is 31.2 Å². The lowest BCUT2D eigenvalue weighted by Crippen LogP contribution is -2.26. The molecule has 0 radical (unpaired) electrons. The largest absolute Gasteiger partial charge is 0.348 e. The maximum atomic E-state index is 12.0. The molecular weight excluding hydrogens is 300 g/mol. The van der Waals surface area contributed by atoms with E-state index in [2.05, 4.69) is 10.0 Å². The first-order valence-electron chi connectivity index (χ1n) is 7.48. The molecular formula is C16H22N2O3S. The highest BCUT2D eigenvalue weighted by Crippen LogP contribution is 2.22. The number of benzene rings is 1. The second-order valence-electron chi connectivity index (χ2n) is 5.52. The van der Waals surface area contributed by atoms with E-state index in [0.717, 1.165) is 24.8 Å². The van der Waals surface area contributed by atoms with Crippen LogP contribution in [0.3, 0.4) is 0 Å². The molecule has 0 aliphatic heterocycles. The van der Waals surface area contributed by atoms with Gasteiger partial charge in [0.05, 0.1) is 4.90 Å². The maximum Gasteiger partial charge on any atom is 0.246 e. The van der Waals surface area contributed by atoms with E-state index in [1.165, 1.54) is 0 Å². The van der Waals surface area contributed by atoms with Crippen LogP contribution in [0.4, 0.5) is 0 Å². The molecule has 22 heavy (non-hydrogen) atoms. The van der Waals surface area contributed by atoms with Crippen molar-refractivity contribution in [1.82, 2.24) is 10.0 Å². The fourth-order valence-corrected chi connectivity index (χ4v) is 3.30.